The second kappa shape index (κ2) is 9.35. The molecule has 1 heterocycles. The summed E-state index contributed by atoms with van der Waals surface area (Å²) < 4.78 is 5.31. The average Bonchev–Trinajstić information content (AvgIpc) is 3.10. The van der Waals surface area contributed by atoms with Gasteiger partial charge in [-0.15, -0.1) is 5.10 Å². The number of aromatic nitrogens is 3. The Hall–Kier alpha value is -3.48. The van der Waals surface area contributed by atoms with E-state index in [2.05, 4.69) is 15.5 Å². The van der Waals surface area contributed by atoms with Gasteiger partial charge in [-0.3, -0.25) is 4.79 Å². The Morgan fingerprint density at radius 3 is 2.50 bits per heavy atom. The van der Waals surface area contributed by atoms with Crippen molar-refractivity contribution in [1.82, 2.24) is 20.3 Å². The second-order valence-corrected chi connectivity index (χ2v) is 7.29. The molecule has 0 saturated carbocycles. The summed E-state index contributed by atoms with van der Waals surface area (Å²) in [6.07, 6.45) is -0.227. The Labute approximate surface area is 176 Å². The molecule has 7 nitrogen and oxygen atoms in total. The van der Waals surface area contributed by atoms with Gasteiger partial charge >= 0.3 is 5.97 Å². The average molecular weight is 406 g/mol. The van der Waals surface area contributed by atoms with Gasteiger partial charge in [0.1, 0.15) is 0 Å². The van der Waals surface area contributed by atoms with Crippen LogP contribution in [0.15, 0.2) is 48.5 Å². The van der Waals surface area contributed by atoms with E-state index in [0.717, 1.165) is 22.4 Å². The molecule has 0 aliphatic carbocycles. The van der Waals surface area contributed by atoms with E-state index in [9.17, 15) is 9.59 Å². The Balaban J connectivity index is 1.59. The molecule has 0 aliphatic heterocycles. The summed E-state index contributed by atoms with van der Waals surface area (Å²) in [7, 11) is 0. The van der Waals surface area contributed by atoms with Crippen molar-refractivity contribution in [3.63, 3.8) is 0 Å². The van der Waals surface area contributed by atoms with E-state index in [1.807, 2.05) is 62.4 Å². The van der Waals surface area contributed by atoms with Gasteiger partial charge in [-0.25, -0.2) is 4.79 Å². The maximum absolute atomic E-state index is 12.5. The van der Waals surface area contributed by atoms with Gasteiger partial charge in [0, 0.05) is 6.54 Å². The van der Waals surface area contributed by atoms with Crippen molar-refractivity contribution in [3.8, 4) is 5.69 Å². The zero-order chi connectivity index (χ0) is 21.7. The molecule has 0 fully saturated rings. The van der Waals surface area contributed by atoms with Crippen LogP contribution in [-0.4, -0.2) is 39.5 Å². The van der Waals surface area contributed by atoms with Crippen molar-refractivity contribution in [1.29, 1.82) is 0 Å². The second-order valence-electron chi connectivity index (χ2n) is 7.29. The molecule has 0 spiro atoms. The fraction of sp³-hybridized carbons (Fsp3) is 0.304. The lowest BCUT2D eigenvalue weighted by Gasteiger charge is -2.13. The Kier molecular flexibility index (Phi) is 6.61. The van der Waals surface area contributed by atoms with Crippen molar-refractivity contribution < 1.29 is 14.3 Å². The zero-order valence-corrected chi connectivity index (χ0v) is 17.7. The molecule has 156 valence electrons. The monoisotopic (exact) mass is 406 g/mol. The SMILES string of the molecule is Cc1ccc(-n2nc(C)c(C(=O)O[C@@H](C)C(=O)NCCc3ccccc3)n2)c(C)c1. The molecule has 0 saturated heterocycles. The number of amides is 1. The Bertz CT molecular complexity index is 1040. The first-order valence-corrected chi connectivity index (χ1v) is 9.89. The summed E-state index contributed by atoms with van der Waals surface area (Å²) in [5.41, 5.74) is 4.58. The van der Waals surface area contributed by atoms with Gasteiger partial charge in [-0.1, -0.05) is 48.0 Å². The highest BCUT2D eigenvalue weighted by atomic mass is 16.5. The molecular weight excluding hydrogens is 380 g/mol. The van der Waals surface area contributed by atoms with Crippen molar-refractivity contribution in [3.05, 3.63) is 76.6 Å². The molecule has 1 N–H and O–H groups in total. The largest absolute Gasteiger partial charge is 0.448 e. The predicted molar refractivity (Wildman–Crippen MR) is 114 cm³/mol. The van der Waals surface area contributed by atoms with Gasteiger partial charge in [0.2, 0.25) is 0 Å². The fourth-order valence-electron chi connectivity index (χ4n) is 3.09. The molecule has 3 aromatic rings. The smallest absolute Gasteiger partial charge is 0.361 e. The standard InChI is InChI=1S/C23H26N4O3/c1-15-10-11-20(16(2)14-15)27-25-17(3)21(26-27)23(29)30-18(4)22(28)24-13-12-19-8-6-5-7-9-19/h5-11,14,18H,12-13H2,1-4H3,(H,24,28)/t18-/m0/s1. The molecule has 1 aromatic heterocycles. The van der Waals surface area contributed by atoms with Crippen LogP contribution in [0.3, 0.4) is 0 Å². The lowest BCUT2D eigenvalue weighted by Crippen LogP contribution is -2.37. The summed E-state index contributed by atoms with van der Waals surface area (Å²) in [5.74, 6) is -1.02. The number of aryl methyl sites for hydroxylation is 3. The highest BCUT2D eigenvalue weighted by molar-refractivity contribution is 5.91. The first kappa shape index (κ1) is 21.2. The number of hydrogen-bond donors (Lipinski definition) is 1. The topological polar surface area (TPSA) is 86.1 Å². The Morgan fingerprint density at radius 2 is 1.80 bits per heavy atom. The van der Waals surface area contributed by atoms with Gasteiger partial charge in [-0.05, 0) is 51.3 Å². The third-order valence-electron chi connectivity index (χ3n) is 4.75. The van der Waals surface area contributed by atoms with Crippen LogP contribution in [-0.2, 0) is 16.0 Å². The van der Waals surface area contributed by atoms with Crippen molar-refractivity contribution in [2.45, 2.75) is 40.2 Å². The third kappa shape index (κ3) is 5.11. The molecule has 1 amide bonds. The first-order chi connectivity index (χ1) is 14.3. The van der Waals surface area contributed by atoms with Crippen LogP contribution in [0.2, 0.25) is 0 Å². The van der Waals surface area contributed by atoms with E-state index in [-0.39, 0.29) is 11.6 Å². The van der Waals surface area contributed by atoms with Crippen LogP contribution in [0, 0.1) is 20.8 Å². The minimum atomic E-state index is -0.932. The first-order valence-electron chi connectivity index (χ1n) is 9.89. The van der Waals surface area contributed by atoms with Crippen LogP contribution in [0.1, 0.15) is 39.8 Å². The number of nitrogens with zero attached hydrogens (tertiary/aromatic N) is 3. The summed E-state index contributed by atoms with van der Waals surface area (Å²) in [6.45, 7) is 7.66. The van der Waals surface area contributed by atoms with Crippen LogP contribution >= 0.6 is 0 Å². The predicted octanol–water partition coefficient (Wildman–Crippen LogP) is 3.10. The van der Waals surface area contributed by atoms with E-state index in [1.165, 1.54) is 4.80 Å². The number of esters is 1. The Morgan fingerprint density at radius 1 is 1.07 bits per heavy atom. The van der Waals surface area contributed by atoms with Gasteiger partial charge in [0.05, 0.1) is 11.4 Å². The number of nitrogens with one attached hydrogen (secondary N) is 1. The minimum Gasteiger partial charge on any atom is -0.448 e. The van der Waals surface area contributed by atoms with E-state index in [0.29, 0.717) is 18.7 Å². The number of carbonyl (C=O) groups excluding carboxylic acids is 2. The van der Waals surface area contributed by atoms with E-state index < -0.39 is 12.1 Å². The number of ether oxygens (including phenoxy) is 1. The quantitative estimate of drug-likeness (QED) is 0.610. The number of rotatable bonds is 7. The zero-order valence-electron chi connectivity index (χ0n) is 17.7. The van der Waals surface area contributed by atoms with E-state index in [4.69, 9.17) is 4.74 Å². The number of carbonyl (C=O) groups is 2. The molecule has 30 heavy (non-hydrogen) atoms. The molecule has 0 aliphatic rings. The summed E-state index contributed by atoms with van der Waals surface area (Å²) in [5, 5.41) is 11.4. The molecular formula is C23H26N4O3. The highest BCUT2D eigenvalue weighted by Gasteiger charge is 2.23. The van der Waals surface area contributed by atoms with Crippen molar-refractivity contribution in [2.75, 3.05) is 6.54 Å². The van der Waals surface area contributed by atoms with Crippen LogP contribution in [0.4, 0.5) is 0 Å². The lowest BCUT2D eigenvalue weighted by molar-refractivity contribution is -0.129. The van der Waals surface area contributed by atoms with Crippen LogP contribution in [0.5, 0.6) is 0 Å². The van der Waals surface area contributed by atoms with Crippen LogP contribution in [0.25, 0.3) is 5.69 Å². The molecule has 0 radical (unpaired) electrons. The fourth-order valence-corrected chi connectivity index (χ4v) is 3.09. The summed E-state index contributed by atoms with van der Waals surface area (Å²) in [4.78, 5) is 26.2. The summed E-state index contributed by atoms with van der Waals surface area (Å²) in [6, 6.07) is 15.7. The van der Waals surface area contributed by atoms with E-state index in [1.54, 1.807) is 13.8 Å². The summed E-state index contributed by atoms with van der Waals surface area (Å²) >= 11 is 0. The molecule has 0 unspecified atom stereocenters. The van der Waals surface area contributed by atoms with Gasteiger partial charge < -0.3 is 10.1 Å². The molecule has 7 heteroatoms. The number of hydrogen-bond acceptors (Lipinski definition) is 5. The van der Waals surface area contributed by atoms with Gasteiger partial charge in [0.15, 0.2) is 11.8 Å². The normalized spacial score (nSPS) is 11.7. The highest BCUT2D eigenvalue weighted by Crippen LogP contribution is 2.16. The maximum atomic E-state index is 12.5. The van der Waals surface area contributed by atoms with Crippen LogP contribution < -0.4 is 5.32 Å². The molecule has 2 aromatic carbocycles. The third-order valence-corrected chi connectivity index (χ3v) is 4.75. The van der Waals surface area contributed by atoms with Crippen molar-refractivity contribution in [2.24, 2.45) is 0 Å². The van der Waals surface area contributed by atoms with E-state index >= 15 is 0 Å². The molecule has 3 rings (SSSR count). The maximum Gasteiger partial charge on any atom is 0.361 e. The van der Waals surface area contributed by atoms with Crippen molar-refractivity contribution >= 4 is 11.9 Å². The lowest BCUT2D eigenvalue weighted by atomic mass is 10.1. The van der Waals surface area contributed by atoms with Gasteiger partial charge in [-0.2, -0.15) is 9.90 Å². The number of benzene rings is 2. The minimum absolute atomic E-state index is 0.0962. The molecule has 1 atom stereocenters. The molecule has 0 bridgehead atoms. The van der Waals surface area contributed by atoms with Gasteiger partial charge in [0.25, 0.3) is 5.91 Å².